The summed E-state index contributed by atoms with van der Waals surface area (Å²) in [5.74, 6) is 0.665. The van der Waals surface area contributed by atoms with Gasteiger partial charge in [0.05, 0.1) is 5.92 Å². The molecule has 1 fully saturated rings. The van der Waals surface area contributed by atoms with Crippen molar-refractivity contribution in [2.45, 2.75) is 25.2 Å². The van der Waals surface area contributed by atoms with E-state index in [2.05, 4.69) is 20.4 Å². The van der Waals surface area contributed by atoms with Gasteiger partial charge in [-0.05, 0) is 49.7 Å². The molecule has 1 N–H and O–H groups in total. The maximum Gasteiger partial charge on any atom is 0.231 e. The summed E-state index contributed by atoms with van der Waals surface area (Å²) >= 11 is 5.95. The molecule has 2 aromatic carbocycles. The van der Waals surface area contributed by atoms with Crippen molar-refractivity contribution in [3.05, 3.63) is 65.3 Å². The predicted octanol–water partition coefficient (Wildman–Crippen LogP) is 4.74. The molecule has 30 heavy (non-hydrogen) atoms. The molecule has 3 aromatic rings. The summed E-state index contributed by atoms with van der Waals surface area (Å²) < 4.78 is 18.9. The fourth-order valence-corrected chi connectivity index (χ4v) is 3.85. The maximum atomic E-state index is 13.4. The first-order chi connectivity index (χ1) is 14.6. The lowest BCUT2D eigenvalue weighted by atomic mass is 9.98. The molecule has 0 spiro atoms. The number of hydrogen-bond donors (Lipinski definition) is 1. The van der Waals surface area contributed by atoms with E-state index in [1.54, 1.807) is 30.3 Å². The molecule has 0 radical (unpaired) electrons. The van der Waals surface area contributed by atoms with Crippen LogP contribution in [0.2, 0.25) is 5.02 Å². The number of carbonyl (C=O) groups excluding carboxylic acids is 1. The SMILES string of the molecule is O=C(CCN1CCCC(c2nc(-c3cccc(F)c3)no2)C1)Nc1cccc(Cl)c1. The van der Waals surface area contributed by atoms with Crippen molar-refractivity contribution < 1.29 is 13.7 Å². The molecule has 8 heteroatoms. The summed E-state index contributed by atoms with van der Waals surface area (Å²) in [6, 6.07) is 13.2. The molecule has 156 valence electrons. The van der Waals surface area contributed by atoms with E-state index in [1.165, 1.54) is 12.1 Å². The Morgan fingerprint density at radius 2 is 2.13 bits per heavy atom. The first kappa shape index (κ1) is 20.5. The van der Waals surface area contributed by atoms with Gasteiger partial charge in [-0.2, -0.15) is 4.98 Å². The molecule has 4 rings (SSSR count). The number of anilines is 1. The second-order valence-corrected chi connectivity index (χ2v) is 7.85. The molecule has 1 aliphatic heterocycles. The summed E-state index contributed by atoms with van der Waals surface area (Å²) in [5, 5.41) is 7.47. The molecule has 0 saturated carbocycles. The second-order valence-electron chi connectivity index (χ2n) is 7.41. The highest BCUT2D eigenvalue weighted by molar-refractivity contribution is 6.30. The van der Waals surface area contributed by atoms with E-state index >= 15 is 0 Å². The molecule has 0 bridgehead atoms. The minimum absolute atomic E-state index is 0.0504. The monoisotopic (exact) mass is 428 g/mol. The van der Waals surface area contributed by atoms with Crippen LogP contribution in [-0.2, 0) is 4.79 Å². The van der Waals surface area contributed by atoms with Crippen molar-refractivity contribution in [1.82, 2.24) is 15.0 Å². The van der Waals surface area contributed by atoms with Gasteiger partial charge in [-0.1, -0.05) is 35.0 Å². The molecule has 1 atom stereocenters. The summed E-state index contributed by atoms with van der Waals surface area (Å²) in [6.07, 6.45) is 2.31. The van der Waals surface area contributed by atoms with Crippen molar-refractivity contribution in [3.8, 4) is 11.4 Å². The van der Waals surface area contributed by atoms with Crippen molar-refractivity contribution in [3.63, 3.8) is 0 Å². The second kappa shape index (κ2) is 9.36. The number of hydrogen-bond acceptors (Lipinski definition) is 5. The van der Waals surface area contributed by atoms with Crippen LogP contribution in [0, 0.1) is 5.82 Å². The van der Waals surface area contributed by atoms with Crippen LogP contribution in [0.1, 0.15) is 31.1 Å². The molecule has 1 saturated heterocycles. The first-order valence-electron chi connectivity index (χ1n) is 9.94. The van der Waals surface area contributed by atoms with E-state index < -0.39 is 0 Å². The molecule has 1 aromatic heterocycles. The largest absolute Gasteiger partial charge is 0.339 e. The minimum Gasteiger partial charge on any atom is -0.339 e. The van der Waals surface area contributed by atoms with Crippen LogP contribution < -0.4 is 5.32 Å². The Bertz CT molecular complexity index is 1030. The number of benzene rings is 2. The summed E-state index contributed by atoms with van der Waals surface area (Å²) in [5.41, 5.74) is 1.29. The number of halogens is 2. The van der Waals surface area contributed by atoms with E-state index in [1.807, 2.05) is 6.07 Å². The summed E-state index contributed by atoms with van der Waals surface area (Å²) in [7, 11) is 0. The Morgan fingerprint density at radius 3 is 2.97 bits per heavy atom. The first-order valence-corrected chi connectivity index (χ1v) is 10.3. The van der Waals surface area contributed by atoms with Crippen molar-refractivity contribution in [2.24, 2.45) is 0 Å². The van der Waals surface area contributed by atoms with Crippen LogP contribution in [0.4, 0.5) is 10.1 Å². The van der Waals surface area contributed by atoms with Gasteiger partial charge < -0.3 is 14.7 Å². The van der Waals surface area contributed by atoms with Crippen LogP contribution in [0.5, 0.6) is 0 Å². The number of aromatic nitrogens is 2. The number of rotatable bonds is 6. The van der Waals surface area contributed by atoms with Gasteiger partial charge in [-0.25, -0.2) is 4.39 Å². The van der Waals surface area contributed by atoms with Gasteiger partial charge in [0.1, 0.15) is 5.82 Å². The smallest absolute Gasteiger partial charge is 0.231 e. The average Bonchev–Trinajstić information content (AvgIpc) is 3.23. The highest BCUT2D eigenvalue weighted by atomic mass is 35.5. The third-order valence-corrected chi connectivity index (χ3v) is 5.38. The number of piperidine rings is 1. The molecular formula is C22H22ClFN4O2. The van der Waals surface area contributed by atoms with Gasteiger partial charge in [0.2, 0.25) is 17.6 Å². The molecule has 6 nitrogen and oxygen atoms in total. The average molecular weight is 429 g/mol. The zero-order valence-corrected chi connectivity index (χ0v) is 17.1. The standard InChI is InChI=1S/C22H22ClFN4O2/c23-17-6-2-8-19(13-17)25-20(29)9-11-28-10-3-5-16(14-28)22-26-21(27-30-22)15-4-1-7-18(24)12-15/h1-2,4,6-8,12-13,16H,3,5,9-11,14H2,(H,25,29). The Labute approximate surface area is 179 Å². The topological polar surface area (TPSA) is 71.3 Å². The molecule has 1 unspecified atom stereocenters. The Kier molecular flexibility index (Phi) is 6.40. The van der Waals surface area contributed by atoms with Crippen molar-refractivity contribution in [2.75, 3.05) is 25.0 Å². The fraction of sp³-hybridized carbons (Fsp3) is 0.318. The number of amides is 1. The molecule has 0 aliphatic carbocycles. The number of likely N-dealkylation sites (tertiary alicyclic amines) is 1. The van der Waals surface area contributed by atoms with Gasteiger partial charge in [0, 0.05) is 35.8 Å². The van der Waals surface area contributed by atoms with E-state index in [0.29, 0.717) is 41.0 Å². The van der Waals surface area contributed by atoms with Crippen LogP contribution in [0.3, 0.4) is 0 Å². The van der Waals surface area contributed by atoms with E-state index in [-0.39, 0.29) is 17.6 Å². The zero-order valence-electron chi connectivity index (χ0n) is 16.4. The van der Waals surface area contributed by atoms with Gasteiger partial charge in [-0.3, -0.25) is 4.79 Å². The van der Waals surface area contributed by atoms with Gasteiger partial charge in [0.25, 0.3) is 0 Å². The molecular weight excluding hydrogens is 407 g/mol. The third kappa shape index (κ3) is 5.23. The van der Waals surface area contributed by atoms with Gasteiger partial charge in [0.15, 0.2) is 0 Å². The quantitative estimate of drug-likeness (QED) is 0.614. The molecule has 1 aliphatic rings. The summed E-state index contributed by atoms with van der Waals surface area (Å²) in [4.78, 5) is 19.0. The minimum atomic E-state index is -0.334. The highest BCUT2D eigenvalue weighted by Gasteiger charge is 2.26. The Hall–Kier alpha value is -2.77. The number of carbonyl (C=O) groups is 1. The van der Waals surface area contributed by atoms with Crippen LogP contribution in [0.15, 0.2) is 53.1 Å². The zero-order chi connectivity index (χ0) is 20.9. The fourth-order valence-electron chi connectivity index (χ4n) is 3.66. The highest BCUT2D eigenvalue weighted by Crippen LogP contribution is 2.28. The van der Waals surface area contributed by atoms with Crippen LogP contribution in [0.25, 0.3) is 11.4 Å². The van der Waals surface area contributed by atoms with Crippen molar-refractivity contribution >= 4 is 23.2 Å². The Balaban J connectivity index is 1.32. The van der Waals surface area contributed by atoms with Gasteiger partial charge in [-0.15, -0.1) is 0 Å². The maximum absolute atomic E-state index is 13.4. The lowest BCUT2D eigenvalue weighted by Crippen LogP contribution is -2.36. The number of nitrogens with one attached hydrogen (secondary N) is 1. The van der Waals surface area contributed by atoms with E-state index in [9.17, 15) is 9.18 Å². The predicted molar refractivity (Wildman–Crippen MR) is 113 cm³/mol. The Morgan fingerprint density at radius 1 is 1.27 bits per heavy atom. The normalized spacial score (nSPS) is 17.1. The lowest BCUT2D eigenvalue weighted by Gasteiger charge is -2.30. The van der Waals surface area contributed by atoms with Gasteiger partial charge >= 0.3 is 0 Å². The summed E-state index contributed by atoms with van der Waals surface area (Å²) in [6.45, 7) is 2.31. The van der Waals surface area contributed by atoms with Crippen LogP contribution in [-0.4, -0.2) is 40.6 Å². The lowest BCUT2D eigenvalue weighted by molar-refractivity contribution is -0.116. The molecule has 1 amide bonds. The van der Waals surface area contributed by atoms with Crippen LogP contribution >= 0.6 is 11.6 Å². The van der Waals surface area contributed by atoms with E-state index in [4.69, 9.17) is 16.1 Å². The third-order valence-electron chi connectivity index (χ3n) is 5.14. The van der Waals surface area contributed by atoms with E-state index in [0.717, 1.165) is 25.9 Å². The number of nitrogens with zero attached hydrogens (tertiary/aromatic N) is 3. The van der Waals surface area contributed by atoms with Crippen molar-refractivity contribution in [1.29, 1.82) is 0 Å². The molecule has 2 heterocycles.